The normalized spacial score (nSPS) is 10.9. The van der Waals surface area contributed by atoms with Gasteiger partial charge < -0.3 is 0 Å². The molecule has 0 radical (unpaired) electrons. The summed E-state index contributed by atoms with van der Waals surface area (Å²) in [5.74, 6) is 0. The molecule has 0 atom stereocenters. The van der Waals surface area contributed by atoms with Crippen LogP contribution in [-0.4, -0.2) is 4.98 Å². The molecule has 0 unspecified atom stereocenters. The molecule has 0 N–H and O–H groups in total. The third-order valence-electron chi connectivity index (χ3n) is 2.16. The van der Waals surface area contributed by atoms with Crippen LogP contribution in [0.5, 0.6) is 0 Å². The minimum Gasteiger partial charge on any atom is -0.234 e. The zero-order valence-corrected chi connectivity index (χ0v) is 9.45. The highest BCUT2D eigenvalue weighted by molar-refractivity contribution is 6.41. The molecule has 3 heteroatoms. The summed E-state index contributed by atoms with van der Waals surface area (Å²) in [6.07, 6.45) is 0. The zero-order valence-electron chi connectivity index (χ0n) is 7.94. The SMILES string of the molecule is Cc1cc(C)c2nc(Cl)c(Cl)cc2c1. The summed E-state index contributed by atoms with van der Waals surface area (Å²) in [5.41, 5.74) is 3.25. The van der Waals surface area contributed by atoms with E-state index in [-0.39, 0.29) is 0 Å². The molecule has 2 rings (SSSR count). The number of aromatic nitrogens is 1. The van der Waals surface area contributed by atoms with Crippen LogP contribution in [0.25, 0.3) is 10.9 Å². The largest absolute Gasteiger partial charge is 0.234 e. The predicted molar refractivity (Wildman–Crippen MR) is 61.2 cm³/mol. The summed E-state index contributed by atoms with van der Waals surface area (Å²) >= 11 is 11.8. The van der Waals surface area contributed by atoms with Gasteiger partial charge in [0.1, 0.15) is 5.15 Å². The van der Waals surface area contributed by atoms with Crippen LogP contribution in [0, 0.1) is 13.8 Å². The summed E-state index contributed by atoms with van der Waals surface area (Å²) < 4.78 is 0. The lowest BCUT2D eigenvalue weighted by atomic mass is 10.1. The predicted octanol–water partition coefficient (Wildman–Crippen LogP) is 4.16. The van der Waals surface area contributed by atoms with Crippen molar-refractivity contribution in [2.45, 2.75) is 13.8 Å². The fourth-order valence-corrected chi connectivity index (χ4v) is 1.90. The molecule has 0 saturated carbocycles. The second-order valence-corrected chi connectivity index (χ2v) is 4.18. The Balaban J connectivity index is 2.89. The van der Waals surface area contributed by atoms with Crippen LogP contribution >= 0.6 is 23.2 Å². The van der Waals surface area contributed by atoms with E-state index in [1.807, 2.05) is 13.0 Å². The van der Waals surface area contributed by atoms with Gasteiger partial charge in [0, 0.05) is 5.39 Å². The molecule has 0 amide bonds. The molecule has 0 bridgehead atoms. The van der Waals surface area contributed by atoms with Crippen LogP contribution in [0.15, 0.2) is 18.2 Å². The third kappa shape index (κ3) is 1.58. The van der Waals surface area contributed by atoms with Gasteiger partial charge in [-0.2, -0.15) is 0 Å². The molecule has 0 spiro atoms. The Morgan fingerprint density at radius 2 is 1.79 bits per heavy atom. The maximum absolute atomic E-state index is 5.90. The van der Waals surface area contributed by atoms with E-state index >= 15 is 0 Å². The van der Waals surface area contributed by atoms with Gasteiger partial charge in [0.25, 0.3) is 0 Å². The van der Waals surface area contributed by atoms with Crippen molar-refractivity contribution in [1.82, 2.24) is 4.98 Å². The number of halogens is 2. The quantitative estimate of drug-likeness (QED) is 0.614. The Morgan fingerprint density at radius 1 is 1.07 bits per heavy atom. The second kappa shape index (κ2) is 3.41. The Kier molecular flexibility index (Phi) is 2.38. The summed E-state index contributed by atoms with van der Waals surface area (Å²) in [5, 5.41) is 1.91. The van der Waals surface area contributed by atoms with Gasteiger partial charge in [-0.15, -0.1) is 0 Å². The number of hydrogen-bond acceptors (Lipinski definition) is 1. The molecule has 1 heterocycles. The lowest BCUT2D eigenvalue weighted by molar-refractivity contribution is 1.34. The molecule has 1 aromatic carbocycles. The molecule has 1 nitrogen and oxygen atoms in total. The Labute approximate surface area is 92.7 Å². The summed E-state index contributed by atoms with van der Waals surface area (Å²) in [6.45, 7) is 4.07. The first-order valence-corrected chi connectivity index (χ1v) is 5.06. The lowest BCUT2D eigenvalue weighted by Gasteiger charge is -2.04. The molecule has 14 heavy (non-hydrogen) atoms. The van der Waals surface area contributed by atoms with E-state index in [2.05, 4.69) is 24.0 Å². The molecule has 1 aromatic heterocycles. The van der Waals surface area contributed by atoms with Gasteiger partial charge >= 0.3 is 0 Å². The average molecular weight is 226 g/mol. The number of rotatable bonds is 0. The number of fused-ring (bicyclic) bond motifs is 1. The first-order valence-electron chi connectivity index (χ1n) is 4.31. The Hall–Kier alpha value is -0.790. The minimum absolute atomic E-state index is 0.367. The highest BCUT2D eigenvalue weighted by atomic mass is 35.5. The summed E-state index contributed by atoms with van der Waals surface area (Å²) in [6, 6.07) is 5.99. The first-order chi connectivity index (χ1) is 6.58. The molecule has 72 valence electrons. The maximum Gasteiger partial charge on any atom is 0.148 e. The lowest BCUT2D eigenvalue weighted by Crippen LogP contribution is -1.86. The maximum atomic E-state index is 5.90. The van der Waals surface area contributed by atoms with Crippen LogP contribution in [0.3, 0.4) is 0 Å². The number of aryl methyl sites for hydroxylation is 2. The highest BCUT2D eigenvalue weighted by Crippen LogP contribution is 2.27. The van der Waals surface area contributed by atoms with Gasteiger partial charge in [0.05, 0.1) is 10.5 Å². The molecule has 0 aliphatic heterocycles. The smallest absolute Gasteiger partial charge is 0.148 e. The Bertz CT molecular complexity index is 506. The Morgan fingerprint density at radius 3 is 2.50 bits per heavy atom. The molecule has 2 aromatic rings. The number of benzene rings is 1. The molecular formula is C11H9Cl2N. The van der Waals surface area contributed by atoms with Crippen molar-refractivity contribution < 1.29 is 0 Å². The monoisotopic (exact) mass is 225 g/mol. The van der Waals surface area contributed by atoms with Crippen LogP contribution in [0.4, 0.5) is 0 Å². The minimum atomic E-state index is 0.367. The van der Waals surface area contributed by atoms with Gasteiger partial charge in [0.15, 0.2) is 0 Å². The van der Waals surface area contributed by atoms with Gasteiger partial charge in [-0.05, 0) is 31.5 Å². The molecule has 0 aliphatic rings. The van der Waals surface area contributed by atoms with Crippen molar-refractivity contribution in [2.24, 2.45) is 0 Å². The van der Waals surface area contributed by atoms with E-state index in [0.29, 0.717) is 10.2 Å². The fourth-order valence-electron chi connectivity index (χ4n) is 1.60. The van der Waals surface area contributed by atoms with Gasteiger partial charge in [-0.25, -0.2) is 4.98 Å². The topological polar surface area (TPSA) is 12.9 Å². The third-order valence-corrected chi connectivity index (χ3v) is 2.84. The highest BCUT2D eigenvalue weighted by Gasteiger charge is 2.05. The van der Waals surface area contributed by atoms with Crippen molar-refractivity contribution in [3.05, 3.63) is 39.5 Å². The van der Waals surface area contributed by atoms with Crippen molar-refractivity contribution in [2.75, 3.05) is 0 Å². The van der Waals surface area contributed by atoms with Crippen molar-refractivity contribution in [1.29, 1.82) is 0 Å². The van der Waals surface area contributed by atoms with Crippen LogP contribution < -0.4 is 0 Å². The van der Waals surface area contributed by atoms with E-state index < -0.39 is 0 Å². The van der Waals surface area contributed by atoms with Crippen molar-refractivity contribution in [3.63, 3.8) is 0 Å². The van der Waals surface area contributed by atoms with Gasteiger partial charge in [0.2, 0.25) is 0 Å². The second-order valence-electron chi connectivity index (χ2n) is 3.41. The van der Waals surface area contributed by atoms with Crippen LogP contribution in [0.1, 0.15) is 11.1 Å². The average Bonchev–Trinajstić information content (AvgIpc) is 2.08. The van der Waals surface area contributed by atoms with E-state index in [0.717, 1.165) is 16.5 Å². The first kappa shape index (κ1) is 9.75. The van der Waals surface area contributed by atoms with Gasteiger partial charge in [-0.1, -0.05) is 34.8 Å². The fraction of sp³-hybridized carbons (Fsp3) is 0.182. The van der Waals surface area contributed by atoms with Gasteiger partial charge in [-0.3, -0.25) is 0 Å². The number of nitrogens with zero attached hydrogens (tertiary/aromatic N) is 1. The van der Waals surface area contributed by atoms with E-state index in [9.17, 15) is 0 Å². The molecule has 0 aliphatic carbocycles. The number of pyridine rings is 1. The number of hydrogen-bond donors (Lipinski definition) is 0. The molecule has 0 fully saturated rings. The van der Waals surface area contributed by atoms with Crippen molar-refractivity contribution in [3.8, 4) is 0 Å². The molecule has 0 saturated heterocycles. The van der Waals surface area contributed by atoms with Crippen molar-refractivity contribution >= 4 is 34.1 Å². The van der Waals surface area contributed by atoms with Crippen LogP contribution in [-0.2, 0) is 0 Å². The standard InChI is InChI=1S/C11H9Cl2N/c1-6-3-7(2)10-8(4-6)5-9(12)11(13)14-10/h3-5H,1-2H3. The van der Waals surface area contributed by atoms with E-state index in [1.165, 1.54) is 5.56 Å². The van der Waals surface area contributed by atoms with Crippen LogP contribution in [0.2, 0.25) is 10.2 Å². The summed E-state index contributed by atoms with van der Waals surface area (Å²) in [4.78, 5) is 4.25. The zero-order chi connectivity index (χ0) is 10.3. The summed E-state index contributed by atoms with van der Waals surface area (Å²) in [7, 11) is 0. The van der Waals surface area contributed by atoms with E-state index in [1.54, 1.807) is 0 Å². The van der Waals surface area contributed by atoms with E-state index in [4.69, 9.17) is 23.2 Å². The molecular weight excluding hydrogens is 217 g/mol.